The summed E-state index contributed by atoms with van der Waals surface area (Å²) < 4.78 is 102. The minimum Gasteiger partial charge on any atom is -0.759 e. The molecular weight excluding hydrogens is 401 g/mol. The van der Waals surface area contributed by atoms with E-state index in [9.17, 15) is 0 Å². The fourth-order valence-electron chi connectivity index (χ4n) is 0. The van der Waals surface area contributed by atoms with Crippen molar-refractivity contribution >= 4 is 73.2 Å². The molecule has 0 saturated carbocycles. The van der Waals surface area contributed by atoms with E-state index in [-0.39, 0.29) is 34.7 Å². The summed E-state index contributed by atoms with van der Waals surface area (Å²) in [6, 6.07) is 0. The van der Waals surface area contributed by atoms with Gasteiger partial charge in [-0.1, -0.05) is 0 Å². The van der Waals surface area contributed by atoms with Crippen molar-refractivity contribution < 1.29 is 67.6 Å². The van der Waals surface area contributed by atoms with E-state index in [0.717, 1.165) is 0 Å². The third-order valence-electron chi connectivity index (χ3n) is 0. The molecule has 0 atom stereocenters. The Morgan fingerprint density at radius 1 is 0.524 bits per heavy atom. The summed E-state index contributed by atoms with van der Waals surface area (Å²) >= 11 is 0. The van der Waals surface area contributed by atoms with Gasteiger partial charge in [0, 0.05) is 31.2 Å². The maximum Gasteiger partial charge on any atom is 3.00 e. The van der Waals surface area contributed by atoms with E-state index < -0.39 is 38.5 Å². The van der Waals surface area contributed by atoms with Gasteiger partial charge in [0.05, 0.1) is 0 Å². The molecule has 0 aliphatic rings. The van der Waals surface area contributed by atoms with E-state index in [1.807, 2.05) is 0 Å². The molecule has 0 radical (unpaired) electrons. The molecule has 0 bridgehead atoms. The third kappa shape index (κ3) is 18600. The smallest absolute Gasteiger partial charge is 0.759 e. The van der Waals surface area contributed by atoms with Crippen molar-refractivity contribution in [3.05, 3.63) is 0 Å². The Kier molecular flexibility index (Phi) is 30.5. The van der Waals surface area contributed by atoms with Gasteiger partial charge in [-0.2, -0.15) is 0 Å². The molecule has 21 heavy (non-hydrogen) atoms. The molecule has 120 valence electrons. The van der Waals surface area contributed by atoms with Gasteiger partial charge in [0.25, 0.3) is 0 Å². The molecule has 0 aromatic carbocycles. The van der Waals surface area contributed by atoms with E-state index in [1.165, 1.54) is 0 Å². The van der Waals surface area contributed by atoms with Crippen molar-refractivity contribution in [1.29, 1.82) is 0 Å². The molecular formula is H3Al2BO15S3. The Labute approximate surface area is 140 Å². The maximum absolute atomic E-state index is 8.52. The predicted octanol–water partition coefficient (Wildman–Crippen LogP) is -6.83. The van der Waals surface area contributed by atoms with Crippen LogP contribution in [0.4, 0.5) is 0 Å². The molecule has 15 nitrogen and oxygen atoms in total. The minimum atomic E-state index is -5.17. The standard InChI is InChI=1S/2Al.BH3O3.3H2O4S/c;;2-1(3)4;3*1-5(2,3)4/h;;2-4H;3*(H2,1,2,3,4)/q2*+3;;;;/p-6. The summed E-state index contributed by atoms with van der Waals surface area (Å²) in [5.41, 5.74) is 0. The summed E-state index contributed by atoms with van der Waals surface area (Å²) in [5.74, 6) is 0. The zero-order valence-electron chi connectivity index (χ0n) is 9.20. The summed E-state index contributed by atoms with van der Waals surface area (Å²) in [6.45, 7) is 0. The van der Waals surface area contributed by atoms with Gasteiger partial charge >= 0.3 is 42.0 Å². The van der Waals surface area contributed by atoms with E-state index in [2.05, 4.69) is 0 Å². The first-order chi connectivity index (χ1) is 7.73. The molecule has 0 amide bonds. The molecule has 0 fully saturated rings. The molecule has 21 heteroatoms. The van der Waals surface area contributed by atoms with Crippen molar-refractivity contribution in [2.45, 2.75) is 0 Å². The van der Waals surface area contributed by atoms with E-state index in [4.69, 9.17) is 67.6 Å². The monoisotopic (exact) mass is 404 g/mol. The van der Waals surface area contributed by atoms with Crippen LogP contribution in [0.15, 0.2) is 0 Å². The molecule has 0 heterocycles. The molecule has 0 aliphatic heterocycles. The Morgan fingerprint density at radius 3 is 0.524 bits per heavy atom. The van der Waals surface area contributed by atoms with Gasteiger partial charge in [-0.15, -0.1) is 0 Å². The van der Waals surface area contributed by atoms with Gasteiger partial charge in [0.1, 0.15) is 0 Å². The molecule has 0 saturated heterocycles. The second-order valence-electron chi connectivity index (χ2n) is 1.57. The first kappa shape index (κ1) is 37.7. The molecule has 0 spiro atoms. The summed E-state index contributed by atoms with van der Waals surface area (Å²) in [7, 11) is -17.7. The first-order valence-corrected chi connectivity index (χ1v) is 6.77. The van der Waals surface area contributed by atoms with E-state index in [1.54, 1.807) is 0 Å². The zero-order valence-corrected chi connectivity index (χ0v) is 14.0. The van der Waals surface area contributed by atoms with Crippen LogP contribution < -0.4 is 0 Å². The van der Waals surface area contributed by atoms with Crippen LogP contribution in [-0.4, -0.2) is 110 Å². The quantitative estimate of drug-likeness (QED) is 0.192. The van der Waals surface area contributed by atoms with Crippen molar-refractivity contribution in [1.82, 2.24) is 0 Å². The topological polar surface area (TPSA) is 301 Å². The van der Waals surface area contributed by atoms with Crippen LogP contribution in [0.25, 0.3) is 0 Å². The first-order valence-electron chi connectivity index (χ1n) is 2.77. The third-order valence-corrected chi connectivity index (χ3v) is 0. The second kappa shape index (κ2) is 17.0. The van der Waals surface area contributed by atoms with Crippen LogP contribution in [0, 0.1) is 0 Å². The van der Waals surface area contributed by atoms with Gasteiger partial charge in [0.15, 0.2) is 0 Å². The molecule has 3 N–H and O–H groups in total. The van der Waals surface area contributed by atoms with Crippen LogP contribution in [0.3, 0.4) is 0 Å². The summed E-state index contributed by atoms with van der Waals surface area (Å²) in [4.78, 5) is 0. The molecule has 0 aromatic rings. The Bertz CT molecular complexity index is 385. The van der Waals surface area contributed by atoms with Gasteiger partial charge in [-0.25, -0.2) is 0 Å². The van der Waals surface area contributed by atoms with Gasteiger partial charge in [-0.3, -0.25) is 25.3 Å². The van der Waals surface area contributed by atoms with Crippen LogP contribution in [0.1, 0.15) is 0 Å². The van der Waals surface area contributed by atoms with Gasteiger partial charge < -0.3 is 42.4 Å². The second-order valence-corrected chi connectivity index (χ2v) is 4.02. The number of hydrogen-bond donors (Lipinski definition) is 3. The minimum absolute atomic E-state index is 0. The van der Waals surface area contributed by atoms with Crippen LogP contribution in [-0.2, 0) is 31.2 Å². The summed E-state index contributed by atoms with van der Waals surface area (Å²) in [6.07, 6.45) is 0. The predicted molar refractivity (Wildman–Crippen MR) is 55.3 cm³/mol. The van der Waals surface area contributed by atoms with Crippen molar-refractivity contribution in [2.24, 2.45) is 0 Å². The largest absolute Gasteiger partial charge is 3.00 e. The van der Waals surface area contributed by atoms with Crippen molar-refractivity contribution in [3.8, 4) is 0 Å². The molecule has 0 unspecified atom stereocenters. The zero-order chi connectivity index (χ0) is 17.1. The normalized spacial score (nSPS) is 9.57. The van der Waals surface area contributed by atoms with Crippen molar-refractivity contribution in [2.75, 3.05) is 0 Å². The maximum atomic E-state index is 8.52. The Balaban J connectivity index is -0.0000000347. The van der Waals surface area contributed by atoms with Crippen molar-refractivity contribution in [3.63, 3.8) is 0 Å². The summed E-state index contributed by atoms with van der Waals surface area (Å²) in [5, 5.41) is 21.5. The SMILES string of the molecule is O=S(=O)([O-])[O-].O=S(=O)([O-])[O-].O=S(=O)([O-])[O-].OB(O)O.[Al+3].[Al+3]. The number of hydrogen-bond acceptors (Lipinski definition) is 15. The fourth-order valence-corrected chi connectivity index (χ4v) is 0. The Hall–Kier alpha value is 0.620. The van der Waals surface area contributed by atoms with Gasteiger partial charge in [0.2, 0.25) is 0 Å². The molecule has 0 aromatic heterocycles. The van der Waals surface area contributed by atoms with Crippen LogP contribution >= 0.6 is 0 Å². The molecule has 0 rings (SSSR count). The Morgan fingerprint density at radius 2 is 0.524 bits per heavy atom. The van der Waals surface area contributed by atoms with E-state index >= 15 is 0 Å². The average molecular weight is 404 g/mol. The van der Waals surface area contributed by atoms with Crippen LogP contribution in [0.2, 0.25) is 0 Å². The van der Waals surface area contributed by atoms with Gasteiger partial charge in [-0.05, 0) is 0 Å². The average Bonchev–Trinajstić information content (AvgIpc) is 1.66. The molecule has 0 aliphatic carbocycles. The van der Waals surface area contributed by atoms with Crippen LogP contribution in [0.5, 0.6) is 0 Å². The fraction of sp³-hybridized carbons (Fsp3) is 0. The number of rotatable bonds is 0. The van der Waals surface area contributed by atoms with E-state index in [0.29, 0.717) is 0 Å².